The van der Waals surface area contributed by atoms with E-state index in [1.807, 2.05) is 51.4 Å². The second-order valence-corrected chi connectivity index (χ2v) is 12.8. The lowest BCUT2D eigenvalue weighted by atomic mass is 9.91. The third-order valence-corrected chi connectivity index (χ3v) is 9.88. The molecule has 1 aromatic heterocycles. The van der Waals surface area contributed by atoms with E-state index >= 15 is 0 Å². The van der Waals surface area contributed by atoms with Crippen LogP contribution in [0.4, 0.5) is 16.2 Å². The molecule has 0 aliphatic carbocycles. The number of likely N-dealkylation sites (tertiary alicyclic amines) is 2. The summed E-state index contributed by atoms with van der Waals surface area (Å²) in [4.78, 5) is 50.4. The van der Waals surface area contributed by atoms with Gasteiger partial charge in [0.2, 0.25) is 11.8 Å². The minimum Gasteiger partial charge on any atom is -0.397 e. The number of halogens is 1. The number of nitrogens with zero attached hydrogens (tertiary/aromatic N) is 5. The van der Waals surface area contributed by atoms with Gasteiger partial charge in [-0.2, -0.15) is 4.57 Å². The van der Waals surface area contributed by atoms with Crippen molar-refractivity contribution in [3.05, 3.63) is 82.9 Å². The van der Waals surface area contributed by atoms with Gasteiger partial charge >= 0.3 is 6.03 Å². The van der Waals surface area contributed by atoms with Crippen molar-refractivity contribution in [3.8, 4) is 12.3 Å². The minimum atomic E-state index is -0.579. The van der Waals surface area contributed by atoms with Gasteiger partial charge in [0.25, 0.3) is 0 Å². The molecule has 2 aromatic carbocycles. The number of anilines is 2. The van der Waals surface area contributed by atoms with E-state index in [-0.39, 0.29) is 36.3 Å². The fourth-order valence-corrected chi connectivity index (χ4v) is 7.19. The molecule has 0 unspecified atom stereocenters. The Hall–Kier alpha value is -4.62. The molecular formula is C35H39ClN7O3+. The second kappa shape index (κ2) is 13.8. The van der Waals surface area contributed by atoms with Crippen molar-refractivity contribution in [2.45, 2.75) is 57.2 Å². The number of aromatic nitrogens is 2. The molecule has 0 radical (unpaired) electrons. The lowest BCUT2D eigenvalue weighted by Gasteiger charge is -2.41. The van der Waals surface area contributed by atoms with Crippen molar-refractivity contribution >= 4 is 40.8 Å². The van der Waals surface area contributed by atoms with E-state index in [0.717, 1.165) is 29.7 Å². The Balaban J connectivity index is 1.12. The molecule has 2 saturated heterocycles. The summed E-state index contributed by atoms with van der Waals surface area (Å²) >= 11 is 6.40. The molecule has 0 spiro atoms. The SMILES string of the molecule is C#Cc1cc(C[C@@H](CC(=O)N2CCC(N3Cc4ccccc4NC3=O)CC2)C(=O)N2CCC([n+]3ccncc3)CC2)cc(Cl)c1N. The van der Waals surface area contributed by atoms with E-state index in [4.69, 9.17) is 23.8 Å². The molecule has 3 N–H and O–H groups in total. The van der Waals surface area contributed by atoms with Crippen molar-refractivity contribution in [2.24, 2.45) is 5.92 Å². The molecule has 11 heteroatoms. The van der Waals surface area contributed by atoms with Gasteiger partial charge in [0, 0.05) is 69.3 Å². The molecule has 238 valence electrons. The van der Waals surface area contributed by atoms with Gasteiger partial charge in [0.05, 0.1) is 29.0 Å². The van der Waals surface area contributed by atoms with Crippen molar-refractivity contribution in [2.75, 3.05) is 37.2 Å². The highest BCUT2D eigenvalue weighted by Crippen LogP contribution is 2.30. The first-order valence-corrected chi connectivity index (χ1v) is 16.3. The largest absolute Gasteiger partial charge is 0.397 e. The minimum absolute atomic E-state index is 0.0356. The Bertz CT molecular complexity index is 1640. The van der Waals surface area contributed by atoms with Crippen LogP contribution in [-0.2, 0) is 22.6 Å². The summed E-state index contributed by atoms with van der Waals surface area (Å²) in [5.74, 6) is 1.89. The van der Waals surface area contributed by atoms with Gasteiger partial charge in [-0.15, -0.1) is 6.42 Å². The number of hydrogen-bond acceptors (Lipinski definition) is 5. The number of nitrogens with two attached hydrogens (primary N) is 1. The number of carbonyl (C=O) groups is 3. The first-order chi connectivity index (χ1) is 22.3. The van der Waals surface area contributed by atoms with Crippen molar-refractivity contribution < 1.29 is 19.0 Å². The number of nitrogens with one attached hydrogen (secondary N) is 1. The Morgan fingerprint density at radius 2 is 1.76 bits per heavy atom. The summed E-state index contributed by atoms with van der Waals surface area (Å²) in [7, 11) is 0. The van der Waals surface area contributed by atoms with E-state index in [1.54, 1.807) is 24.5 Å². The van der Waals surface area contributed by atoms with Gasteiger partial charge in [0.1, 0.15) is 0 Å². The fraction of sp³-hybridized carbons (Fsp3) is 0.400. The molecule has 0 saturated carbocycles. The molecule has 0 bridgehead atoms. The second-order valence-electron chi connectivity index (χ2n) is 12.4. The van der Waals surface area contributed by atoms with Crippen LogP contribution in [0.25, 0.3) is 0 Å². The number of nitrogen functional groups attached to an aromatic ring is 1. The van der Waals surface area contributed by atoms with Crippen LogP contribution in [0.3, 0.4) is 0 Å². The molecule has 3 aromatic rings. The van der Waals surface area contributed by atoms with E-state index in [9.17, 15) is 14.4 Å². The van der Waals surface area contributed by atoms with Crippen molar-refractivity contribution in [1.29, 1.82) is 0 Å². The van der Waals surface area contributed by atoms with Gasteiger partial charge in [-0.05, 0) is 48.6 Å². The Labute approximate surface area is 274 Å². The molecule has 10 nitrogen and oxygen atoms in total. The first-order valence-electron chi connectivity index (χ1n) is 15.9. The molecule has 1 atom stereocenters. The predicted octanol–water partition coefficient (Wildman–Crippen LogP) is 4.04. The van der Waals surface area contributed by atoms with Gasteiger partial charge < -0.3 is 25.8 Å². The van der Waals surface area contributed by atoms with Crippen LogP contribution in [0.2, 0.25) is 5.02 Å². The molecule has 6 rings (SSSR count). The molecule has 3 aliphatic heterocycles. The van der Waals surface area contributed by atoms with E-state index in [1.165, 1.54) is 0 Å². The molecule has 4 heterocycles. The lowest BCUT2D eigenvalue weighted by Crippen LogP contribution is -2.52. The zero-order valence-corrected chi connectivity index (χ0v) is 26.5. The summed E-state index contributed by atoms with van der Waals surface area (Å²) in [6, 6.07) is 11.6. The van der Waals surface area contributed by atoms with Crippen LogP contribution in [0.1, 0.15) is 54.8 Å². The summed E-state index contributed by atoms with van der Waals surface area (Å²) in [5.41, 5.74) is 9.57. The van der Waals surface area contributed by atoms with Gasteiger partial charge in [0.15, 0.2) is 18.4 Å². The Kier molecular flexibility index (Phi) is 9.41. The zero-order valence-electron chi connectivity index (χ0n) is 25.8. The normalized spacial score (nSPS) is 18.0. The summed E-state index contributed by atoms with van der Waals surface area (Å²) in [6.07, 6.45) is 16.5. The van der Waals surface area contributed by atoms with E-state index in [2.05, 4.69) is 20.8 Å². The quantitative estimate of drug-likeness (QED) is 0.230. The maximum Gasteiger partial charge on any atom is 0.322 e. The lowest BCUT2D eigenvalue weighted by molar-refractivity contribution is -0.726. The number of urea groups is 1. The third-order valence-electron chi connectivity index (χ3n) is 9.56. The molecule has 3 aliphatic rings. The van der Waals surface area contributed by atoms with Crippen LogP contribution in [-0.4, -0.2) is 69.8 Å². The van der Waals surface area contributed by atoms with Crippen LogP contribution in [0.15, 0.2) is 61.2 Å². The average molecular weight is 641 g/mol. The number of rotatable bonds is 7. The van der Waals surface area contributed by atoms with Crippen molar-refractivity contribution in [1.82, 2.24) is 19.7 Å². The number of amides is 4. The zero-order chi connectivity index (χ0) is 32.2. The molecule has 46 heavy (non-hydrogen) atoms. The predicted molar refractivity (Wildman–Crippen MR) is 175 cm³/mol. The maximum atomic E-state index is 14.1. The van der Waals surface area contributed by atoms with Crippen LogP contribution in [0, 0.1) is 18.3 Å². The molecule has 2 fully saturated rings. The topological polar surface area (TPSA) is 116 Å². The number of carbonyl (C=O) groups excluding carboxylic acids is 3. The number of benzene rings is 2. The van der Waals surface area contributed by atoms with E-state index in [0.29, 0.717) is 68.3 Å². The standard InChI is InChI=1S/C35H38ClN7O3/c1-2-25-19-24(21-30(36)33(25)37)20-27(34(45)42-15-7-28(8-16-42)40-17-11-38-12-18-40)22-32(44)41-13-9-29(10-14-41)43-23-26-5-3-4-6-31(26)39-35(43)46/h1,3-6,11-12,17-19,21,27-29H,7-10,13-16,20,22-23,37H2/p+1/t27-/m0/s1. The fourth-order valence-electron chi connectivity index (χ4n) is 6.94. The maximum absolute atomic E-state index is 14.1. The number of terminal acetylenes is 1. The van der Waals surface area contributed by atoms with Gasteiger partial charge in [-0.1, -0.05) is 35.7 Å². The highest BCUT2D eigenvalue weighted by Gasteiger charge is 2.36. The average Bonchev–Trinajstić information content (AvgIpc) is 3.09. The monoisotopic (exact) mass is 640 g/mol. The van der Waals surface area contributed by atoms with E-state index < -0.39 is 5.92 Å². The third kappa shape index (κ3) is 6.80. The van der Waals surface area contributed by atoms with Crippen LogP contribution < -0.4 is 15.6 Å². The van der Waals surface area contributed by atoms with Gasteiger partial charge in [-0.25, -0.2) is 4.79 Å². The number of para-hydroxylation sites is 1. The van der Waals surface area contributed by atoms with Crippen molar-refractivity contribution in [3.63, 3.8) is 0 Å². The number of fused-ring (bicyclic) bond motifs is 1. The summed E-state index contributed by atoms with van der Waals surface area (Å²) in [5, 5.41) is 3.33. The first kappa shape index (κ1) is 31.4. The summed E-state index contributed by atoms with van der Waals surface area (Å²) < 4.78 is 2.14. The van der Waals surface area contributed by atoms with Crippen LogP contribution in [0.5, 0.6) is 0 Å². The Morgan fingerprint density at radius 1 is 1.07 bits per heavy atom. The number of hydrogen-bond donors (Lipinski definition) is 2. The molecular weight excluding hydrogens is 602 g/mol. The van der Waals surface area contributed by atoms with Gasteiger partial charge in [-0.3, -0.25) is 14.6 Å². The number of piperidine rings is 2. The summed E-state index contributed by atoms with van der Waals surface area (Å²) in [6.45, 7) is 2.82. The Morgan fingerprint density at radius 3 is 2.48 bits per heavy atom. The smallest absolute Gasteiger partial charge is 0.322 e. The highest BCUT2D eigenvalue weighted by molar-refractivity contribution is 6.33. The molecule has 4 amide bonds. The highest BCUT2D eigenvalue weighted by atomic mass is 35.5. The van der Waals surface area contributed by atoms with Crippen LogP contribution >= 0.6 is 11.6 Å².